The van der Waals surface area contributed by atoms with Crippen molar-refractivity contribution in [3.63, 3.8) is 0 Å². The van der Waals surface area contributed by atoms with Gasteiger partial charge in [-0.3, -0.25) is 0 Å². The number of carbonyl (C=O) groups excluding carboxylic acids is 6. The summed E-state index contributed by atoms with van der Waals surface area (Å²) in [5, 5.41) is 0. The number of aryl methyl sites for hydroxylation is 1. The third kappa shape index (κ3) is 10.5. The van der Waals surface area contributed by atoms with E-state index in [0.29, 0.717) is 5.56 Å². The Balaban J connectivity index is 1.02. The van der Waals surface area contributed by atoms with Gasteiger partial charge in [-0.25, -0.2) is 28.8 Å². The van der Waals surface area contributed by atoms with Crippen LogP contribution in [0.15, 0.2) is 104 Å². The maximum Gasteiger partial charge on any atom is 0.343 e. The van der Waals surface area contributed by atoms with Crippen LogP contribution in [0.4, 0.5) is 0 Å². The number of benzene rings is 4. The number of rotatable bonds is 16. The van der Waals surface area contributed by atoms with E-state index in [-0.39, 0.29) is 83.2 Å². The molecule has 2 saturated heterocycles. The zero-order chi connectivity index (χ0) is 43.6. The van der Waals surface area contributed by atoms with Crippen molar-refractivity contribution < 1.29 is 76.1 Å². The molecule has 0 aromatic heterocycles. The highest BCUT2D eigenvalue weighted by Crippen LogP contribution is 2.34. The second-order valence-electron chi connectivity index (χ2n) is 13.2. The van der Waals surface area contributed by atoms with Crippen LogP contribution in [0.1, 0.15) is 60.8 Å². The highest BCUT2D eigenvalue weighted by atomic mass is 16.7. The SMILES string of the molecule is C=CC(=O)Oc1ccc(C(=O)Oc2ccc(C(=O)O[C@@H]3CO[C@H]4[C@@H]3OC[C@@H]4OC(=O)c3ccc(OC(=O)c4ccc(OC(=O)C=C)c(OCC)c4)cc3)c(OCC)c2)c(C)c1. The highest BCUT2D eigenvalue weighted by Gasteiger charge is 2.51. The molecule has 2 fully saturated rings. The molecular formula is C45H40O16. The fourth-order valence-corrected chi connectivity index (χ4v) is 6.26. The van der Waals surface area contributed by atoms with Gasteiger partial charge in [0.05, 0.1) is 43.1 Å². The lowest BCUT2D eigenvalue weighted by Crippen LogP contribution is -2.36. The highest BCUT2D eigenvalue weighted by molar-refractivity contribution is 5.95. The Morgan fingerprint density at radius 1 is 0.557 bits per heavy atom. The van der Waals surface area contributed by atoms with Crippen LogP contribution >= 0.6 is 0 Å². The standard InChI is InChI=1S/C45H40O16/c1-6-38(46)56-29-15-17-31(25(5)20-29)44(50)58-30-16-18-32(34(22-30)52-8-3)45(51)61-37-24-55-40-36(23-54-41(37)40)60-42(48)26-10-13-28(14-11-26)57-43(49)27-12-19-33(59-39(47)7-2)35(21-27)53-9-4/h6-7,10-22,36-37,40-41H,1-2,8-9,23-24H2,3-5H3/t36-,37+,40+,41+/m0/s1. The van der Waals surface area contributed by atoms with E-state index in [0.717, 1.165) is 12.2 Å². The van der Waals surface area contributed by atoms with Gasteiger partial charge in [-0.15, -0.1) is 0 Å². The predicted molar refractivity (Wildman–Crippen MR) is 212 cm³/mol. The summed E-state index contributed by atoms with van der Waals surface area (Å²) in [6.45, 7) is 12.2. The quantitative estimate of drug-likeness (QED) is 0.0728. The first-order valence-electron chi connectivity index (χ1n) is 18.9. The number of ether oxygens (including phenoxy) is 10. The van der Waals surface area contributed by atoms with Gasteiger partial charge < -0.3 is 47.4 Å². The zero-order valence-electron chi connectivity index (χ0n) is 33.2. The van der Waals surface area contributed by atoms with Crippen LogP contribution in [-0.4, -0.2) is 86.7 Å². The molecule has 2 aliphatic rings. The maximum absolute atomic E-state index is 13.4. The summed E-state index contributed by atoms with van der Waals surface area (Å²) in [6, 6.07) is 18.5. The van der Waals surface area contributed by atoms with Crippen molar-refractivity contribution >= 4 is 35.8 Å². The molecule has 6 rings (SSSR count). The van der Waals surface area contributed by atoms with Crippen LogP contribution in [0.3, 0.4) is 0 Å². The Morgan fingerprint density at radius 2 is 1.10 bits per heavy atom. The van der Waals surface area contributed by atoms with Gasteiger partial charge in [-0.2, -0.15) is 0 Å². The summed E-state index contributed by atoms with van der Waals surface area (Å²) < 4.78 is 55.7. The summed E-state index contributed by atoms with van der Waals surface area (Å²) in [6.07, 6.45) is -1.10. The molecule has 0 N–H and O–H groups in total. The number of carbonyl (C=O) groups is 6. The van der Waals surface area contributed by atoms with Crippen LogP contribution in [0.5, 0.6) is 34.5 Å². The third-order valence-corrected chi connectivity index (χ3v) is 9.12. The van der Waals surface area contributed by atoms with Gasteiger partial charge in [0, 0.05) is 18.2 Å². The Kier molecular flexibility index (Phi) is 13.9. The van der Waals surface area contributed by atoms with E-state index in [1.165, 1.54) is 78.9 Å². The van der Waals surface area contributed by atoms with E-state index in [4.69, 9.17) is 47.4 Å². The first-order chi connectivity index (χ1) is 29.4. The largest absolute Gasteiger partial charge is 0.493 e. The van der Waals surface area contributed by atoms with E-state index in [1.807, 2.05) is 0 Å². The van der Waals surface area contributed by atoms with E-state index in [2.05, 4.69) is 13.2 Å². The molecule has 2 aliphatic heterocycles. The second kappa shape index (κ2) is 19.6. The smallest absolute Gasteiger partial charge is 0.343 e. The van der Waals surface area contributed by atoms with E-state index >= 15 is 0 Å². The van der Waals surface area contributed by atoms with E-state index in [1.54, 1.807) is 20.8 Å². The van der Waals surface area contributed by atoms with Crippen LogP contribution in [0.2, 0.25) is 0 Å². The lowest BCUT2D eigenvalue weighted by Gasteiger charge is -2.18. The molecular weight excluding hydrogens is 796 g/mol. The molecule has 0 unspecified atom stereocenters. The Hall–Kier alpha value is -7.30. The monoisotopic (exact) mass is 836 g/mol. The molecule has 0 saturated carbocycles. The number of fused-ring (bicyclic) bond motifs is 1. The molecule has 16 heteroatoms. The number of hydrogen-bond donors (Lipinski definition) is 0. The van der Waals surface area contributed by atoms with Crippen LogP contribution in [0, 0.1) is 6.92 Å². The molecule has 316 valence electrons. The lowest BCUT2D eigenvalue weighted by molar-refractivity contribution is -0.129. The molecule has 0 aliphatic carbocycles. The number of hydrogen-bond acceptors (Lipinski definition) is 16. The van der Waals surface area contributed by atoms with Crippen molar-refractivity contribution in [3.8, 4) is 34.5 Å². The first kappa shape index (κ1) is 43.3. The zero-order valence-corrected chi connectivity index (χ0v) is 33.2. The predicted octanol–water partition coefficient (Wildman–Crippen LogP) is 5.96. The molecule has 0 bridgehead atoms. The van der Waals surface area contributed by atoms with Gasteiger partial charge in [0.1, 0.15) is 40.8 Å². The minimum atomic E-state index is -0.846. The Morgan fingerprint density at radius 3 is 1.72 bits per heavy atom. The fraction of sp³-hybridized carbons (Fsp3) is 0.244. The van der Waals surface area contributed by atoms with Gasteiger partial charge in [0.2, 0.25) is 0 Å². The second-order valence-corrected chi connectivity index (χ2v) is 13.2. The van der Waals surface area contributed by atoms with E-state index < -0.39 is 60.2 Å². The van der Waals surface area contributed by atoms with Crippen molar-refractivity contribution in [1.82, 2.24) is 0 Å². The van der Waals surface area contributed by atoms with Crippen LogP contribution in [-0.2, 0) is 28.5 Å². The van der Waals surface area contributed by atoms with Gasteiger partial charge in [0.15, 0.2) is 23.7 Å². The molecule has 61 heavy (non-hydrogen) atoms. The normalized spacial score (nSPS) is 17.5. The minimum absolute atomic E-state index is 0.0213. The minimum Gasteiger partial charge on any atom is -0.493 e. The van der Waals surface area contributed by atoms with Gasteiger partial charge in [-0.05, 0) is 99.1 Å². The molecule has 4 atom stereocenters. The van der Waals surface area contributed by atoms with Crippen molar-refractivity contribution in [2.24, 2.45) is 0 Å². The molecule has 0 amide bonds. The van der Waals surface area contributed by atoms with Gasteiger partial charge >= 0.3 is 35.8 Å². The summed E-state index contributed by atoms with van der Waals surface area (Å²) in [4.78, 5) is 75.6. The van der Waals surface area contributed by atoms with Gasteiger partial charge in [0.25, 0.3) is 0 Å². The van der Waals surface area contributed by atoms with Crippen molar-refractivity contribution in [3.05, 3.63) is 132 Å². The molecule has 16 nitrogen and oxygen atoms in total. The van der Waals surface area contributed by atoms with Crippen LogP contribution < -0.4 is 28.4 Å². The summed E-state index contributed by atoms with van der Waals surface area (Å²) >= 11 is 0. The molecule has 2 heterocycles. The molecule has 0 spiro atoms. The van der Waals surface area contributed by atoms with E-state index in [9.17, 15) is 28.8 Å². The first-order valence-corrected chi connectivity index (χ1v) is 18.9. The Bertz CT molecular complexity index is 2350. The average Bonchev–Trinajstić information content (AvgIpc) is 3.84. The fourth-order valence-electron chi connectivity index (χ4n) is 6.26. The summed E-state index contributed by atoms with van der Waals surface area (Å²) in [5.41, 5.74) is 1.07. The third-order valence-electron chi connectivity index (χ3n) is 9.12. The molecule has 4 aromatic carbocycles. The maximum atomic E-state index is 13.4. The summed E-state index contributed by atoms with van der Waals surface area (Å²) in [5.74, 6) is -3.32. The Labute approximate surface area is 349 Å². The lowest BCUT2D eigenvalue weighted by atomic mass is 10.1. The number of esters is 6. The van der Waals surface area contributed by atoms with Crippen molar-refractivity contribution in [2.45, 2.75) is 45.2 Å². The van der Waals surface area contributed by atoms with Crippen molar-refractivity contribution in [1.29, 1.82) is 0 Å². The van der Waals surface area contributed by atoms with Crippen molar-refractivity contribution in [2.75, 3.05) is 26.4 Å². The molecule has 0 radical (unpaired) electrons. The average molecular weight is 837 g/mol. The topological polar surface area (TPSA) is 195 Å². The summed E-state index contributed by atoms with van der Waals surface area (Å²) in [7, 11) is 0. The molecule has 4 aromatic rings. The van der Waals surface area contributed by atoms with Gasteiger partial charge in [-0.1, -0.05) is 13.2 Å². The van der Waals surface area contributed by atoms with Crippen LogP contribution in [0.25, 0.3) is 0 Å².